The molecular formula is C13H27N3O2. The van der Waals surface area contributed by atoms with Gasteiger partial charge in [0.25, 0.3) is 0 Å². The van der Waals surface area contributed by atoms with Gasteiger partial charge in [-0.3, -0.25) is 9.59 Å². The van der Waals surface area contributed by atoms with E-state index in [1.165, 1.54) is 0 Å². The van der Waals surface area contributed by atoms with Crippen molar-refractivity contribution in [3.63, 3.8) is 0 Å². The van der Waals surface area contributed by atoms with Crippen LogP contribution in [0.1, 0.15) is 46.5 Å². The molecule has 2 amide bonds. The number of nitrogens with zero attached hydrogens (tertiary/aromatic N) is 1. The van der Waals surface area contributed by atoms with E-state index in [2.05, 4.69) is 5.32 Å². The van der Waals surface area contributed by atoms with Crippen molar-refractivity contribution in [2.75, 3.05) is 19.6 Å². The van der Waals surface area contributed by atoms with Crippen molar-refractivity contribution in [2.45, 2.75) is 52.5 Å². The van der Waals surface area contributed by atoms with Crippen LogP contribution in [0, 0.1) is 0 Å². The number of carbonyl (C=O) groups excluding carboxylic acids is 2. The Hall–Kier alpha value is -1.10. The molecule has 0 aliphatic carbocycles. The summed E-state index contributed by atoms with van der Waals surface area (Å²) in [6, 6.07) is -0.486. The van der Waals surface area contributed by atoms with E-state index in [4.69, 9.17) is 5.73 Å². The molecule has 106 valence electrons. The first-order valence-corrected chi connectivity index (χ1v) is 6.87. The lowest BCUT2D eigenvalue weighted by molar-refractivity contribution is -0.137. The fourth-order valence-corrected chi connectivity index (χ4v) is 1.70. The average Bonchev–Trinajstić information content (AvgIpc) is 2.35. The summed E-state index contributed by atoms with van der Waals surface area (Å²) < 4.78 is 0. The second-order valence-corrected chi connectivity index (χ2v) is 4.50. The summed E-state index contributed by atoms with van der Waals surface area (Å²) in [6.07, 6.45) is 3.25. The molecule has 0 aromatic heterocycles. The Morgan fingerprint density at radius 2 is 1.83 bits per heavy atom. The van der Waals surface area contributed by atoms with Crippen LogP contribution in [0.25, 0.3) is 0 Å². The summed E-state index contributed by atoms with van der Waals surface area (Å²) in [4.78, 5) is 25.2. The van der Waals surface area contributed by atoms with E-state index >= 15 is 0 Å². The van der Waals surface area contributed by atoms with Gasteiger partial charge < -0.3 is 16.0 Å². The van der Waals surface area contributed by atoms with Gasteiger partial charge in [-0.05, 0) is 19.3 Å². The number of nitrogens with one attached hydrogen (secondary N) is 1. The van der Waals surface area contributed by atoms with E-state index in [-0.39, 0.29) is 18.4 Å². The molecule has 0 unspecified atom stereocenters. The monoisotopic (exact) mass is 257 g/mol. The van der Waals surface area contributed by atoms with Gasteiger partial charge in [-0.25, -0.2) is 0 Å². The zero-order valence-corrected chi connectivity index (χ0v) is 11.9. The minimum absolute atomic E-state index is 0.109. The highest BCUT2D eigenvalue weighted by molar-refractivity contribution is 5.87. The normalized spacial score (nSPS) is 12.0. The first-order chi connectivity index (χ1) is 8.56. The molecule has 18 heavy (non-hydrogen) atoms. The minimum Gasteiger partial charge on any atom is -0.355 e. The lowest BCUT2D eigenvalue weighted by atomic mass is 10.1. The van der Waals surface area contributed by atoms with Crippen molar-refractivity contribution < 1.29 is 9.59 Å². The predicted octanol–water partition coefficient (Wildman–Crippen LogP) is 0.879. The Labute approximate surface area is 110 Å². The van der Waals surface area contributed by atoms with Crippen molar-refractivity contribution in [3.05, 3.63) is 0 Å². The lowest BCUT2D eigenvalue weighted by Crippen LogP contribution is -2.48. The molecule has 0 radical (unpaired) electrons. The maximum absolute atomic E-state index is 12.1. The smallest absolute Gasteiger partial charge is 0.239 e. The second-order valence-electron chi connectivity index (χ2n) is 4.50. The number of hydrogen-bond donors (Lipinski definition) is 2. The molecule has 0 aliphatic heterocycles. The quantitative estimate of drug-likeness (QED) is 0.644. The van der Waals surface area contributed by atoms with Crippen LogP contribution in [0.4, 0.5) is 0 Å². The molecule has 0 aromatic carbocycles. The lowest BCUT2D eigenvalue weighted by Gasteiger charge is -2.24. The largest absolute Gasteiger partial charge is 0.355 e. The zero-order valence-electron chi connectivity index (χ0n) is 11.9. The van der Waals surface area contributed by atoms with Gasteiger partial charge in [0.2, 0.25) is 11.8 Å². The molecule has 3 N–H and O–H groups in total. The highest BCUT2D eigenvalue weighted by atomic mass is 16.2. The number of nitrogens with two attached hydrogens (primary N) is 1. The third-order valence-electron chi connectivity index (χ3n) is 2.63. The van der Waals surface area contributed by atoms with Crippen molar-refractivity contribution >= 4 is 11.8 Å². The Balaban J connectivity index is 4.36. The van der Waals surface area contributed by atoms with Crippen molar-refractivity contribution in [1.29, 1.82) is 0 Å². The van der Waals surface area contributed by atoms with Gasteiger partial charge in [0, 0.05) is 13.1 Å². The molecule has 0 bridgehead atoms. The molecule has 0 saturated heterocycles. The van der Waals surface area contributed by atoms with Gasteiger partial charge in [0.1, 0.15) is 0 Å². The van der Waals surface area contributed by atoms with Crippen molar-refractivity contribution in [1.82, 2.24) is 10.2 Å². The summed E-state index contributed by atoms with van der Waals surface area (Å²) in [6.45, 7) is 7.31. The number of carbonyl (C=O) groups is 2. The Morgan fingerprint density at radius 3 is 2.33 bits per heavy atom. The van der Waals surface area contributed by atoms with E-state index < -0.39 is 6.04 Å². The van der Waals surface area contributed by atoms with Gasteiger partial charge in [0.05, 0.1) is 12.6 Å². The summed E-state index contributed by atoms with van der Waals surface area (Å²) in [7, 11) is 0. The SMILES string of the molecule is CCCNC(=O)CN(CCC)C(=O)[C@@H](N)CCC. The number of rotatable bonds is 9. The first-order valence-electron chi connectivity index (χ1n) is 6.87. The van der Waals surface area contributed by atoms with Crippen molar-refractivity contribution in [3.8, 4) is 0 Å². The van der Waals surface area contributed by atoms with Crippen LogP contribution in [0.2, 0.25) is 0 Å². The Kier molecular flexibility index (Phi) is 9.28. The summed E-state index contributed by atoms with van der Waals surface area (Å²) >= 11 is 0. The molecule has 0 rings (SSSR count). The molecule has 5 heteroatoms. The number of hydrogen-bond acceptors (Lipinski definition) is 3. The van der Waals surface area contributed by atoms with Gasteiger partial charge in [0.15, 0.2) is 0 Å². The highest BCUT2D eigenvalue weighted by Crippen LogP contribution is 2.01. The average molecular weight is 257 g/mol. The highest BCUT2D eigenvalue weighted by Gasteiger charge is 2.21. The molecule has 0 heterocycles. The van der Waals surface area contributed by atoms with Gasteiger partial charge in [-0.2, -0.15) is 0 Å². The fourth-order valence-electron chi connectivity index (χ4n) is 1.70. The van der Waals surface area contributed by atoms with E-state index in [1.807, 2.05) is 20.8 Å². The van der Waals surface area contributed by atoms with Crippen LogP contribution in [-0.4, -0.2) is 42.4 Å². The molecular weight excluding hydrogens is 230 g/mol. The summed E-state index contributed by atoms with van der Waals surface area (Å²) in [5.74, 6) is -0.229. The van der Waals surface area contributed by atoms with E-state index in [0.29, 0.717) is 19.5 Å². The molecule has 0 saturated carbocycles. The van der Waals surface area contributed by atoms with Crippen LogP contribution in [-0.2, 0) is 9.59 Å². The van der Waals surface area contributed by atoms with E-state index in [1.54, 1.807) is 4.90 Å². The van der Waals surface area contributed by atoms with Crippen LogP contribution in [0.3, 0.4) is 0 Å². The molecule has 0 fully saturated rings. The third kappa shape index (κ3) is 6.59. The summed E-state index contributed by atoms with van der Waals surface area (Å²) in [5, 5.41) is 2.77. The molecule has 0 aromatic rings. The minimum atomic E-state index is -0.486. The van der Waals surface area contributed by atoms with Crippen LogP contribution < -0.4 is 11.1 Å². The number of amides is 2. The zero-order chi connectivity index (χ0) is 14.0. The van der Waals surface area contributed by atoms with Crippen LogP contribution >= 0.6 is 0 Å². The topological polar surface area (TPSA) is 75.4 Å². The Morgan fingerprint density at radius 1 is 1.17 bits per heavy atom. The van der Waals surface area contributed by atoms with E-state index in [9.17, 15) is 9.59 Å². The maximum Gasteiger partial charge on any atom is 0.239 e. The van der Waals surface area contributed by atoms with Gasteiger partial charge >= 0.3 is 0 Å². The van der Waals surface area contributed by atoms with Crippen LogP contribution in [0.5, 0.6) is 0 Å². The molecule has 0 aliphatic rings. The summed E-state index contributed by atoms with van der Waals surface area (Å²) in [5.41, 5.74) is 5.81. The molecule has 5 nitrogen and oxygen atoms in total. The Bertz CT molecular complexity index is 257. The van der Waals surface area contributed by atoms with Crippen LogP contribution in [0.15, 0.2) is 0 Å². The first kappa shape index (κ1) is 16.9. The van der Waals surface area contributed by atoms with Gasteiger partial charge in [-0.15, -0.1) is 0 Å². The second kappa shape index (κ2) is 9.88. The molecule has 1 atom stereocenters. The van der Waals surface area contributed by atoms with Gasteiger partial charge in [-0.1, -0.05) is 27.2 Å². The molecule has 0 spiro atoms. The van der Waals surface area contributed by atoms with E-state index in [0.717, 1.165) is 19.3 Å². The third-order valence-corrected chi connectivity index (χ3v) is 2.63. The predicted molar refractivity (Wildman–Crippen MR) is 73.1 cm³/mol. The fraction of sp³-hybridized carbons (Fsp3) is 0.846. The maximum atomic E-state index is 12.1. The standard InChI is InChI=1S/C13H27N3O2/c1-4-7-11(14)13(18)16(9-6-3)10-12(17)15-8-5-2/h11H,4-10,14H2,1-3H3,(H,15,17)/t11-/m0/s1. The van der Waals surface area contributed by atoms with Crippen molar-refractivity contribution in [2.24, 2.45) is 5.73 Å².